The van der Waals surface area contributed by atoms with E-state index in [4.69, 9.17) is 4.74 Å². The van der Waals surface area contributed by atoms with Crippen molar-refractivity contribution in [2.45, 2.75) is 32.0 Å². The normalized spacial score (nSPS) is 22.9. The van der Waals surface area contributed by atoms with Crippen LogP contribution in [0.4, 0.5) is 0 Å². The van der Waals surface area contributed by atoms with Crippen LogP contribution in [0.3, 0.4) is 0 Å². The summed E-state index contributed by atoms with van der Waals surface area (Å²) >= 11 is 0. The van der Waals surface area contributed by atoms with Crippen LogP contribution in [0, 0.1) is 5.92 Å². The topological polar surface area (TPSA) is 46.5 Å². The van der Waals surface area contributed by atoms with Gasteiger partial charge in [-0.15, -0.1) is 0 Å². The summed E-state index contributed by atoms with van der Waals surface area (Å²) in [4.78, 5) is 11.2. The zero-order valence-electron chi connectivity index (χ0n) is 10.0. The lowest BCUT2D eigenvalue weighted by Crippen LogP contribution is -2.39. The number of Topliss-reactive ketones (excluding diaryl/α,β-unsaturated/α-hetero) is 1. The molecule has 1 aromatic carbocycles. The van der Waals surface area contributed by atoms with Gasteiger partial charge in [0.05, 0.1) is 18.8 Å². The largest absolute Gasteiger partial charge is 0.390 e. The Morgan fingerprint density at radius 3 is 2.65 bits per heavy atom. The van der Waals surface area contributed by atoms with E-state index in [1.54, 1.807) is 0 Å². The molecule has 1 unspecified atom stereocenters. The first kappa shape index (κ1) is 12.3. The van der Waals surface area contributed by atoms with Gasteiger partial charge in [-0.1, -0.05) is 30.3 Å². The third-order valence-corrected chi connectivity index (χ3v) is 3.37. The molecule has 1 fully saturated rings. The van der Waals surface area contributed by atoms with Gasteiger partial charge in [0.15, 0.2) is 0 Å². The molecule has 3 atom stereocenters. The maximum Gasteiger partial charge on any atom is 0.138 e. The van der Waals surface area contributed by atoms with Gasteiger partial charge in [0.2, 0.25) is 0 Å². The Balaban J connectivity index is 1.80. The Labute approximate surface area is 101 Å². The number of carbonyl (C=O) groups excluding carboxylic acids is 1. The summed E-state index contributed by atoms with van der Waals surface area (Å²) in [6.07, 6.45) is 0.697. The van der Waals surface area contributed by atoms with E-state index in [0.29, 0.717) is 6.42 Å². The molecule has 17 heavy (non-hydrogen) atoms. The summed E-state index contributed by atoms with van der Waals surface area (Å²) in [7, 11) is 0. The van der Waals surface area contributed by atoms with Crippen molar-refractivity contribution in [1.29, 1.82) is 0 Å². The predicted octanol–water partition coefficient (Wildman–Crippen LogP) is 2.10. The van der Waals surface area contributed by atoms with Crippen molar-refractivity contribution >= 4 is 5.78 Å². The Morgan fingerprint density at radius 1 is 1.41 bits per heavy atom. The third-order valence-electron chi connectivity index (χ3n) is 3.37. The SMILES string of the molecule is CC(OC[C@@H](O)[C@@H]1CCC1=O)c1ccccc1. The summed E-state index contributed by atoms with van der Waals surface area (Å²) in [5, 5.41) is 9.79. The average Bonchev–Trinajstić information content (AvgIpc) is 2.35. The number of hydrogen-bond acceptors (Lipinski definition) is 3. The van der Waals surface area contributed by atoms with E-state index in [1.807, 2.05) is 37.3 Å². The van der Waals surface area contributed by atoms with Crippen molar-refractivity contribution in [2.24, 2.45) is 5.92 Å². The molecule has 0 bridgehead atoms. The Hall–Kier alpha value is -1.19. The minimum atomic E-state index is -0.651. The van der Waals surface area contributed by atoms with Crippen LogP contribution in [-0.2, 0) is 9.53 Å². The van der Waals surface area contributed by atoms with E-state index in [0.717, 1.165) is 12.0 Å². The lowest BCUT2D eigenvalue weighted by molar-refractivity contribution is -0.137. The Bertz CT molecular complexity index is 374. The van der Waals surface area contributed by atoms with Crippen molar-refractivity contribution in [3.8, 4) is 0 Å². The van der Waals surface area contributed by atoms with Crippen LogP contribution in [0.15, 0.2) is 30.3 Å². The molecule has 1 aliphatic carbocycles. The van der Waals surface area contributed by atoms with E-state index in [2.05, 4.69) is 0 Å². The van der Waals surface area contributed by atoms with Crippen LogP contribution in [0.5, 0.6) is 0 Å². The van der Waals surface area contributed by atoms with Gasteiger partial charge >= 0.3 is 0 Å². The van der Waals surface area contributed by atoms with Crippen molar-refractivity contribution in [3.63, 3.8) is 0 Å². The van der Waals surface area contributed by atoms with Gasteiger partial charge in [-0.25, -0.2) is 0 Å². The second-order valence-corrected chi connectivity index (χ2v) is 4.57. The summed E-state index contributed by atoms with van der Waals surface area (Å²) in [5.41, 5.74) is 1.08. The van der Waals surface area contributed by atoms with Gasteiger partial charge in [-0.3, -0.25) is 4.79 Å². The fourth-order valence-corrected chi connectivity index (χ4v) is 2.02. The van der Waals surface area contributed by atoms with Crippen molar-refractivity contribution < 1.29 is 14.6 Å². The zero-order valence-corrected chi connectivity index (χ0v) is 10.0. The first-order chi connectivity index (χ1) is 8.18. The highest BCUT2D eigenvalue weighted by atomic mass is 16.5. The molecule has 0 amide bonds. The fourth-order valence-electron chi connectivity index (χ4n) is 2.02. The lowest BCUT2D eigenvalue weighted by atomic mass is 9.80. The van der Waals surface area contributed by atoms with Gasteiger partial charge < -0.3 is 9.84 Å². The molecule has 0 saturated heterocycles. The van der Waals surface area contributed by atoms with E-state index in [9.17, 15) is 9.90 Å². The Kier molecular flexibility index (Phi) is 3.92. The smallest absolute Gasteiger partial charge is 0.138 e. The lowest BCUT2D eigenvalue weighted by Gasteiger charge is -2.29. The number of rotatable bonds is 5. The molecule has 3 heteroatoms. The first-order valence-corrected chi connectivity index (χ1v) is 6.06. The predicted molar refractivity (Wildman–Crippen MR) is 64.5 cm³/mol. The molecule has 3 nitrogen and oxygen atoms in total. The minimum absolute atomic E-state index is 0.0546. The molecular weight excluding hydrogens is 216 g/mol. The number of aliphatic hydroxyl groups excluding tert-OH is 1. The highest BCUT2D eigenvalue weighted by molar-refractivity contribution is 5.86. The van der Waals surface area contributed by atoms with Crippen LogP contribution in [0.2, 0.25) is 0 Å². The maximum absolute atomic E-state index is 11.2. The average molecular weight is 234 g/mol. The number of benzene rings is 1. The molecule has 0 aromatic heterocycles. The zero-order chi connectivity index (χ0) is 12.3. The van der Waals surface area contributed by atoms with Gasteiger partial charge in [-0.2, -0.15) is 0 Å². The molecule has 92 valence electrons. The number of ether oxygens (including phenoxy) is 1. The summed E-state index contributed by atoms with van der Waals surface area (Å²) < 4.78 is 5.59. The molecule has 0 aliphatic heterocycles. The van der Waals surface area contributed by atoms with E-state index < -0.39 is 6.10 Å². The van der Waals surface area contributed by atoms with Gasteiger partial charge in [0.25, 0.3) is 0 Å². The molecule has 2 rings (SSSR count). The number of ketones is 1. The van der Waals surface area contributed by atoms with Crippen LogP contribution in [0.1, 0.15) is 31.4 Å². The second-order valence-electron chi connectivity index (χ2n) is 4.57. The van der Waals surface area contributed by atoms with Gasteiger partial charge in [-0.05, 0) is 18.9 Å². The highest BCUT2D eigenvalue weighted by Gasteiger charge is 2.34. The number of carbonyl (C=O) groups is 1. The van der Waals surface area contributed by atoms with Crippen LogP contribution in [0.25, 0.3) is 0 Å². The van der Waals surface area contributed by atoms with Crippen molar-refractivity contribution in [3.05, 3.63) is 35.9 Å². The van der Waals surface area contributed by atoms with Crippen LogP contribution >= 0.6 is 0 Å². The van der Waals surface area contributed by atoms with Crippen LogP contribution in [-0.4, -0.2) is 23.6 Å². The van der Waals surface area contributed by atoms with Gasteiger partial charge in [0, 0.05) is 12.3 Å². The van der Waals surface area contributed by atoms with E-state index in [-0.39, 0.29) is 24.4 Å². The molecule has 1 N–H and O–H groups in total. The maximum atomic E-state index is 11.2. The highest BCUT2D eigenvalue weighted by Crippen LogP contribution is 2.27. The summed E-state index contributed by atoms with van der Waals surface area (Å²) in [6, 6.07) is 9.86. The number of hydrogen-bond donors (Lipinski definition) is 1. The third kappa shape index (κ3) is 2.93. The first-order valence-electron chi connectivity index (χ1n) is 6.06. The monoisotopic (exact) mass is 234 g/mol. The quantitative estimate of drug-likeness (QED) is 0.848. The fraction of sp³-hybridized carbons (Fsp3) is 0.500. The molecular formula is C14H18O3. The summed E-state index contributed by atoms with van der Waals surface area (Å²) in [6.45, 7) is 2.18. The van der Waals surface area contributed by atoms with E-state index in [1.165, 1.54) is 0 Å². The standard InChI is InChI=1S/C14H18O3/c1-10(11-5-3-2-4-6-11)17-9-14(16)12-7-8-13(12)15/h2-6,10,12,14,16H,7-9H2,1H3/t10?,12-,14-/m1/s1. The molecule has 1 saturated carbocycles. The van der Waals surface area contributed by atoms with Gasteiger partial charge in [0.1, 0.15) is 5.78 Å². The Morgan fingerprint density at radius 2 is 2.12 bits per heavy atom. The van der Waals surface area contributed by atoms with Crippen molar-refractivity contribution in [1.82, 2.24) is 0 Å². The molecule has 1 aliphatic rings. The van der Waals surface area contributed by atoms with Crippen molar-refractivity contribution in [2.75, 3.05) is 6.61 Å². The molecule has 0 spiro atoms. The summed E-state index contributed by atoms with van der Waals surface area (Å²) in [5.74, 6) is -0.0357. The molecule has 0 heterocycles. The minimum Gasteiger partial charge on any atom is -0.390 e. The number of aliphatic hydroxyl groups is 1. The second kappa shape index (κ2) is 5.43. The van der Waals surface area contributed by atoms with Crippen LogP contribution < -0.4 is 0 Å². The van der Waals surface area contributed by atoms with E-state index >= 15 is 0 Å². The molecule has 1 aromatic rings. The molecule has 0 radical (unpaired) electrons.